The van der Waals surface area contributed by atoms with E-state index < -0.39 is 0 Å². The first-order valence-electron chi connectivity index (χ1n) is 2.88. The van der Waals surface area contributed by atoms with E-state index in [1.807, 2.05) is 19.0 Å². The summed E-state index contributed by atoms with van der Waals surface area (Å²) in [5.74, 6) is 0. The van der Waals surface area contributed by atoms with Gasteiger partial charge in [-0.15, -0.1) is 0 Å². The van der Waals surface area contributed by atoms with Crippen LogP contribution in [0.15, 0.2) is 0 Å². The maximum Gasteiger partial charge on any atom is 0.0964 e. The number of hydrogen-bond acceptors (Lipinski definition) is 4. The van der Waals surface area contributed by atoms with Crippen molar-refractivity contribution in [3.8, 4) is 0 Å². The van der Waals surface area contributed by atoms with Gasteiger partial charge in [-0.3, -0.25) is 9.80 Å². The molecule has 0 rings (SSSR count). The highest BCUT2D eigenvalue weighted by Gasteiger charge is 1.97. The van der Waals surface area contributed by atoms with Crippen molar-refractivity contribution in [1.29, 1.82) is 0 Å². The molecule has 4 nitrogen and oxygen atoms in total. The monoisotopic (exact) mass is 133 g/mol. The summed E-state index contributed by atoms with van der Waals surface area (Å²) < 4.78 is 0. The minimum atomic E-state index is 0.0737. The zero-order chi connectivity index (χ0) is 7.28. The molecule has 0 saturated heterocycles. The summed E-state index contributed by atoms with van der Waals surface area (Å²) in [5, 5.41) is 8.54. The van der Waals surface area contributed by atoms with Crippen molar-refractivity contribution in [2.45, 2.75) is 0 Å². The molecule has 0 aliphatic heterocycles. The molecule has 0 heterocycles. The van der Waals surface area contributed by atoms with Gasteiger partial charge >= 0.3 is 0 Å². The summed E-state index contributed by atoms with van der Waals surface area (Å²) in [6.07, 6.45) is 0. The van der Waals surface area contributed by atoms with Crippen molar-refractivity contribution < 1.29 is 5.11 Å². The van der Waals surface area contributed by atoms with Crippen LogP contribution in [0.4, 0.5) is 0 Å². The first kappa shape index (κ1) is 8.84. The minimum Gasteiger partial charge on any atom is -0.381 e. The predicted octanol–water partition coefficient (Wildman–Crippen LogP) is -1.33. The van der Waals surface area contributed by atoms with Crippen LogP contribution in [-0.2, 0) is 0 Å². The fraction of sp³-hybridized carbons (Fsp3) is 1.00. The second-order valence-electron chi connectivity index (χ2n) is 2.18. The highest BCUT2D eigenvalue weighted by Crippen LogP contribution is 1.81. The SMILES string of the molecule is CN(CN)CN(C)CO. The van der Waals surface area contributed by atoms with Crippen molar-refractivity contribution >= 4 is 0 Å². The zero-order valence-electron chi connectivity index (χ0n) is 6.04. The Bertz CT molecular complexity index is 61.2. The average Bonchev–Trinajstić information content (AvgIpc) is 1.87. The van der Waals surface area contributed by atoms with E-state index in [9.17, 15) is 0 Å². The number of hydrogen-bond donors (Lipinski definition) is 2. The fourth-order valence-electron chi connectivity index (χ4n) is 0.515. The molecule has 0 aromatic carbocycles. The molecular formula is C5H15N3O. The van der Waals surface area contributed by atoms with Crippen LogP contribution in [0.5, 0.6) is 0 Å². The van der Waals surface area contributed by atoms with Gasteiger partial charge in [0, 0.05) is 6.67 Å². The fourth-order valence-corrected chi connectivity index (χ4v) is 0.515. The van der Waals surface area contributed by atoms with E-state index in [2.05, 4.69) is 0 Å². The molecule has 0 saturated carbocycles. The minimum absolute atomic E-state index is 0.0737. The van der Waals surface area contributed by atoms with Gasteiger partial charge < -0.3 is 10.8 Å². The molecule has 0 aromatic rings. The van der Waals surface area contributed by atoms with Gasteiger partial charge in [-0.05, 0) is 14.1 Å². The molecule has 0 atom stereocenters. The summed E-state index contributed by atoms with van der Waals surface area (Å²) in [5.41, 5.74) is 5.29. The second-order valence-corrected chi connectivity index (χ2v) is 2.18. The second kappa shape index (κ2) is 4.69. The summed E-state index contributed by atoms with van der Waals surface area (Å²) in [6.45, 7) is 1.29. The Morgan fingerprint density at radius 1 is 1.33 bits per heavy atom. The average molecular weight is 133 g/mol. The first-order chi connectivity index (χ1) is 4.20. The molecule has 9 heavy (non-hydrogen) atoms. The number of aliphatic hydroxyl groups excluding tert-OH is 1. The molecule has 0 bridgehead atoms. The van der Waals surface area contributed by atoms with E-state index >= 15 is 0 Å². The van der Waals surface area contributed by atoms with Gasteiger partial charge in [0.2, 0.25) is 0 Å². The standard InChI is InChI=1S/C5H15N3O/c1-7(3-6)4-8(2)5-9/h9H,3-6H2,1-2H3. The molecule has 0 radical (unpaired) electrons. The Kier molecular flexibility index (Phi) is 4.61. The normalized spacial score (nSPS) is 11.3. The Labute approximate surface area is 55.9 Å². The predicted molar refractivity (Wildman–Crippen MR) is 36.5 cm³/mol. The van der Waals surface area contributed by atoms with Crippen LogP contribution in [-0.4, -0.2) is 49.1 Å². The van der Waals surface area contributed by atoms with E-state index in [1.54, 1.807) is 4.90 Å². The highest BCUT2D eigenvalue weighted by atomic mass is 16.3. The van der Waals surface area contributed by atoms with Crippen molar-refractivity contribution in [2.24, 2.45) is 5.73 Å². The lowest BCUT2D eigenvalue weighted by Crippen LogP contribution is -2.36. The van der Waals surface area contributed by atoms with Crippen LogP contribution in [0.25, 0.3) is 0 Å². The summed E-state index contributed by atoms with van der Waals surface area (Å²) in [6, 6.07) is 0. The Morgan fingerprint density at radius 3 is 2.22 bits per heavy atom. The van der Waals surface area contributed by atoms with Crippen LogP contribution in [0.1, 0.15) is 0 Å². The number of nitrogens with zero attached hydrogens (tertiary/aromatic N) is 2. The smallest absolute Gasteiger partial charge is 0.0964 e. The van der Waals surface area contributed by atoms with E-state index in [4.69, 9.17) is 10.8 Å². The van der Waals surface area contributed by atoms with Gasteiger partial charge in [-0.2, -0.15) is 0 Å². The van der Waals surface area contributed by atoms with Gasteiger partial charge in [-0.1, -0.05) is 0 Å². The van der Waals surface area contributed by atoms with Crippen LogP contribution < -0.4 is 5.73 Å². The first-order valence-corrected chi connectivity index (χ1v) is 2.88. The molecule has 0 aliphatic carbocycles. The molecule has 0 unspecified atom stereocenters. The van der Waals surface area contributed by atoms with Gasteiger partial charge in [0.05, 0.1) is 13.4 Å². The third-order valence-electron chi connectivity index (χ3n) is 1.04. The number of aliphatic hydroxyl groups is 1. The van der Waals surface area contributed by atoms with Crippen molar-refractivity contribution in [2.75, 3.05) is 34.2 Å². The Morgan fingerprint density at radius 2 is 1.89 bits per heavy atom. The molecule has 3 N–H and O–H groups in total. The lowest BCUT2D eigenvalue weighted by molar-refractivity contribution is 0.0829. The van der Waals surface area contributed by atoms with Crippen molar-refractivity contribution in [3.05, 3.63) is 0 Å². The van der Waals surface area contributed by atoms with E-state index in [0.29, 0.717) is 13.3 Å². The zero-order valence-corrected chi connectivity index (χ0v) is 6.04. The van der Waals surface area contributed by atoms with Gasteiger partial charge in [0.25, 0.3) is 0 Å². The summed E-state index contributed by atoms with van der Waals surface area (Å²) >= 11 is 0. The Hall–Kier alpha value is -0.160. The van der Waals surface area contributed by atoms with Gasteiger partial charge in [0.1, 0.15) is 0 Å². The maximum absolute atomic E-state index is 8.54. The lowest BCUT2D eigenvalue weighted by atomic mass is 10.7. The largest absolute Gasteiger partial charge is 0.381 e. The van der Waals surface area contributed by atoms with Gasteiger partial charge in [-0.25, -0.2) is 0 Å². The Balaban J connectivity index is 3.22. The number of rotatable bonds is 4. The van der Waals surface area contributed by atoms with Crippen molar-refractivity contribution in [1.82, 2.24) is 9.80 Å². The summed E-state index contributed by atoms with van der Waals surface area (Å²) in [7, 11) is 3.72. The third-order valence-corrected chi connectivity index (χ3v) is 1.04. The van der Waals surface area contributed by atoms with Crippen LogP contribution in [0.3, 0.4) is 0 Å². The molecule has 4 heteroatoms. The molecule has 0 spiro atoms. The van der Waals surface area contributed by atoms with Crippen LogP contribution in [0, 0.1) is 0 Å². The van der Waals surface area contributed by atoms with Gasteiger partial charge in [0.15, 0.2) is 0 Å². The molecule has 56 valence electrons. The lowest BCUT2D eigenvalue weighted by Gasteiger charge is -2.20. The maximum atomic E-state index is 8.54. The van der Waals surface area contributed by atoms with E-state index in [-0.39, 0.29) is 6.73 Å². The molecule has 0 fully saturated rings. The van der Waals surface area contributed by atoms with E-state index in [1.165, 1.54) is 0 Å². The third kappa shape index (κ3) is 4.35. The number of nitrogens with two attached hydrogens (primary N) is 1. The quantitative estimate of drug-likeness (QED) is 0.467. The highest BCUT2D eigenvalue weighted by molar-refractivity contribution is 4.42. The van der Waals surface area contributed by atoms with Crippen LogP contribution in [0.2, 0.25) is 0 Å². The van der Waals surface area contributed by atoms with Crippen LogP contribution >= 0.6 is 0 Å². The molecule has 0 amide bonds. The van der Waals surface area contributed by atoms with E-state index in [0.717, 1.165) is 0 Å². The molecular weight excluding hydrogens is 118 g/mol. The molecule has 0 aromatic heterocycles. The molecule has 0 aliphatic rings. The summed E-state index contributed by atoms with van der Waals surface area (Å²) in [4.78, 5) is 3.66. The van der Waals surface area contributed by atoms with Crippen molar-refractivity contribution in [3.63, 3.8) is 0 Å². The topological polar surface area (TPSA) is 52.7 Å².